The van der Waals surface area contributed by atoms with Gasteiger partial charge in [0.05, 0.1) is 0 Å². The van der Waals surface area contributed by atoms with Gasteiger partial charge in [-0.1, -0.05) is 67.6 Å². The summed E-state index contributed by atoms with van der Waals surface area (Å²) < 4.78 is 5.84. The average Bonchev–Trinajstić information content (AvgIpc) is 2.62. The zero-order valence-electron chi connectivity index (χ0n) is 13.5. The minimum atomic E-state index is 0.543. The maximum atomic E-state index is 5.84. The van der Waals surface area contributed by atoms with Gasteiger partial charge in [0.15, 0.2) is 0 Å². The summed E-state index contributed by atoms with van der Waals surface area (Å²) in [6.07, 6.45) is 2.27. The maximum Gasteiger partial charge on any atom is 0.127 e. The van der Waals surface area contributed by atoms with Crippen LogP contribution in [0, 0.1) is 0 Å². The van der Waals surface area contributed by atoms with E-state index in [1.807, 2.05) is 30.3 Å². The molecule has 0 saturated heterocycles. The van der Waals surface area contributed by atoms with Crippen molar-refractivity contribution in [3.8, 4) is 11.5 Å². The predicted octanol–water partition coefficient (Wildman–Crippen LogP) is 6.22. The second-order valence-corrected chi connectivity index (χ2v) is 5.91. The third-order valence-electron chi connectivity index (χ3n) is 4.14. The first kappa shape index (κ1) is 15.4. The maximum absolute atomic E-state index is 5.84. The van der Waals surface area contributed by atoms with E-state index in [9.17, 15) is 0 Å². The van der Waals surface area contributed by atoms with Gasteiger partial charge in [-0.2, -0.15) is 0 Å². The summed E-state index contributed by atoms with van der Waals surface area (Å²) in [7, 11) is 0. The first-order valence-corrected chi connectivity index (χ1v) is 8.18. The minimum Gasteiger partial charge on any atom is -0.457 e. The van der Waals surface area contributed by atoms with Crippen molar-refractivity contribution in [1.82, 2.24) is 0 Å². The summed E-state index contributed by atoms with van der Waals surface area (Å²) in [5.74, 6) is 2.30. The van der Waals surface area contributed by atoms with Gasteiger partial charge in [-0.3, -0.25) is 0 Å². The molecule has 1 unspecified atom stereocenters. The lowest BCUT2D eigenvalue weighted by Crippen LogP contribution is -1.96. The third kappa shape index (κ3) is 4.46. The lowest BCUT2D eigenvalue weighted by Gasteiger charge is -2.13. The minimum absolute atomic E-state index is 0.543. The van der Waals surface area contributed by atoms with Crippen LogP contribution in [-0.4, -0.2) is 0 Å². The highest BCUT2D eigenvalue weighted by molar-refractivity contribution is 5.34. The Balaban J connectivity index is 1.58. The summed E-state index contributed by atoms with van der Waals surface area (Å²) in [5, 5.41) is 0. The Morgan fingerprint density at radius 3 is 1.91 bits per heavy atom. The van der Waals surface area contributed by atoms with Crippen LogP contribution in [0.1, 0.15) is 30.4 Å². The van der Waals surface area contributed by atoms with Crippen molar-refractivity contribution in [3.05, 3.63) is 96.1 Å². The lowest BCUT2D eigenvalue weighted by molar-refractivity contribution is 0.482. The van der Waals surface area contributed by atoms with E-state index in [1.165, 1.54) is 11.1 Å². The van der Waals surface area contributed by atoms with Gasteiger partial charge < -0.3 is 4.74 Å². The van der Waals surface area contributed by atoms with E-state index in [0.717, 1.165) is 24.3 Å². The summed E-state index contributed by atoms with van der Waals surface area (Å²) in [4.78, 5) is 0. The third-order valence-corrected chi connectivity index (χ3v) is 4.14. The highest BCUT2D eigenvalue weighted by Gasteiger charge is 2.06. The van der Waals surface area contributed by atoms with Crippen molar-refractivity contribution in [1.29, 1.82) is 0 Å². The van der Waals surface area contributed by atoms with Crippen LogP contribution in [0.4, 0.5) is 0 Å². The highest BCUT2D eigenvalue weighted by Crippen LogP contribution is 2.26. The van der Waals surface area contributed by atoms with Gasteiger partial charge in [-0.25, -0.2) is 0 Å². The normalized spacial score (nSPS) is 11.9. The van der Waals surface area contributed by atoms with Crippen LogP contribution in [0.2, 0.25) is 0 Å². The molecule has 3 aromatic carbocycles. The Morgan fingerprint density at radius 1 is 0.696 bits per heavy atom. The first-order chi connectivity index (χ1) is 11.3. The van der Waals surface area contributed by atoms with Crippen molar-refractivity contribution < 1.29 is 4.74 Å². The Morgan fingerprint density at radius 2 is 1.26 bits per heavy atom. The van der Waals surface area contributed by atoms with Crippen LogP contribution >= 0.6 is 0 Å². The molecule has 0 N–H and O–H groups in total. The molecule has 1 heteroatoms. The number of hydrogen-bond donors (Lipinski definition) is 0. The Bertz CT molecular complexity index is 702. The number of benzene rings is 3. The lowest BCUT2D eigenvalue weighted by atomic mass is 9.94. The average molecular weight is 302 g/mol. The van der Waals surface area contributed by atoms with Gasteiger partial charge in [0, 0.05) is 0 Å². The fourth-order valence-corrected chi connectivity index (χ4v) is 2.68. The number of hydrogen-bond acceptors (Lipinski definition) is 1. The van der Waals surface area contributed by atoms with Crippen LogP contribution in [-0.2, 0) is 6.42 Å². The van der Waals surface area contributed by atoms with Crippen molar-refractivity contribution in [2.75, 3.05) is 0 Å². The quantitative estimate of drug-likeness (QED) is 0.525. The molecule has 0 amide bonds. The van der Waals surface area contributed by atoms with Crippen LogP contribution in [0.3, 0.4) is 0 Å². The Labute approximate surface area is 138 Å². The molecule has 1 nitrogen and oxygen atoms in total. The van der Waals surface area contributed by atoms with Crippen molar-refractivity contribution >= 4 is 0 Å². The molecular weight excluding hydrogens is 280 g/mol. The number of para-hydroxylation sites is 1. The molecule has 0 aliphatic rings. The molecule has 23 heavy (non-hydrogen) atoms. The van der Waals surface area contributed by atoms with E-state index in [0.29, 0.717) is 5.92 Å². The van der Waals surface area contributed by atoms with Gasteiger partial charge in [0.25, 0.3) is 0 Å². The largest absolute Gasteiger partial charge is 0.457 e. The molecule has 0 aromatic heterocycles. The van der Waals surface area contributed by atoms with E-state index in [4.69, 9.17) is 4.74 Å². The van der Waals surface area contributed by atoms with Crippen LogP contribution < -0.4 is 4.74 Å². The Hall–Kier alpha value is -2.54. The van der Waals surface area contributed by atoms with E-state index in [1.54, 1.807) is 0 Å². The van der Waals surface area contributed by atoms with Gasteiger partial charge in [0.1, 0.15) is 11.5 Å². The molecule has 116 valence electrons. The molecule has 0 radical (unpaired) electrons. The van der Waals surface area contributed by atoms with Crippen molar-refractivity contribution in [2.45, 2.75) is 25.7 Å². The summed E-state index contributed by atoms with van der Waals surface area (Å²) in [6, 6.07) is 29.0. The van der Waals surface area contributed by atoms with E-state index < -0.39 is 0 Å². The van der Waals surface area contributed by atoms with Crippen LogP contribution in [0.15, 0.2) is 84.9 Å². The molecular formula is C22H22O. The highest BCUT2D eigenvalue weighted by atomic mass is 16.5. The monoisotopic (exact) mass is 302 g/mol. The van der Waals surface area contributed by atoms with Crippen LogP contribution in [0.25, 0.3) is 0 Å². The molecule has 1 atom stereocenters. The predicted molar refractivity (Wildman–Crippen MR) is 96.1 cm³/mol. The zero-order chi connectivity index (χ0) is 15.9. The molecule has 0 bridgehead atoms. The van der Waals surface area contributed by atoms with Gasteiger partial charge in [0.2, 0.25) is 0 Å². The second kappa shape index (κ2) is 7.64. The van der Waals surface area contributed by atoms with E-state index >= 15 is 0 Å². The van der Waals surface area contributed by atoms with Crippen molar-refractivity contribution in [2.24, 2.45) is 0 Å². The van der Waals surface area contributed by atoms with E-state index in [-0.39, 0.29) is 0 Å². The van der Waals surface area contributed by atoms with Crippen molar-refractivity contribution in [3.63, 3.8) is 0 Å². The van der Waals surface area contributed by atoms with Gasteiger partial charge in [-0.05, 0) is 54.2 Å². The van der Waals surface area contributed by atoms with Crippen LogP contribution in [0.5, 0.6) is 11.5 Å². The zero-order valence-corrected chi connectivity index (χ0v) is 13.5. The fourth-order valence-electron chi connectivity index (χ4n) is 2.68. The second-order valence-electron chi connectivity index (χ2n) is 5.91. The molecule has 0 saturated carbocycles. The Kier molecular flexibility index (Phi) is 5.10. The molecule has 0 aliphatic heterocycles. The first-order valence-electron chi connectivity index (χ1n) is 8.18. The molecule has 3 rings (SSSR count). The summed E-state index contributed by atoms with van der Waals surface area (Å²) in [5.41, 5.74) is 2.77. The molecule has 0 spiro atoms. The SMILES string of the molecule is CC(CCc1ccccc1)c1ccc(Oc2ccccc2)cc1. The number of ether oxygens (including phenoxy) is 1. The summed E-state index contributed by atoms with van der Waals surface area (Å²) >= 11 is 0. The summed E-state index contributed by atoms with van der Waals surface area (Å²) in [6.45, 7) is 2.29. The molecule has 0 fully saturated rings. The van der Waals surface area contributed by atoms with Gasteiger partial charge >= 0.3 is 0 Å². The number of aryl methyl sites for hydroxylation is 1. The smallest absolute Gasteiger partial charge is 0.127 e. The number of rotatable bonds is 6. The molecule has 3 aromatic rings. The van der Waals surface area contributed by atoms with E-state index in [2.05, 4.69) is 61.5 Å². The van der Waals surface area contributed by atoms with Gasteiger partial charge in [-0.15, -0.1) is 0 Å². The molecule has 0 aliphatic carbocycles. The standard InChI is InChI=1S/C22H22O/c1-18(12-13-19-8-4-2-5-9-19)20-14-16-22(17-15-20)23-21-10-6-3-7-11-21/h2-11,14-18H,12-13H2,1H3. The fraction of sp³-hybridized carbons (Fsp3) is 0.182. The molecule has 0 heterocycles. The topological polar surface area (TPSA) is 9.23 Å².